The second kappa shape index (κ2) is 11.0. The number of benzene rings is 2. The number of rotatable bonds is 7. The number of aromatic nitrogens is 1. The summed E-state index contributed by atoms with van der Waals surface area (Å²) in [6.07, 6.45) is 1.69. The fraction of sp³-hybridized carbons (Fsp3) is 0.269. The summed E-state index contributed by atoms with van der Waals surface area (Å²) in [6.45, 7) is 2.10. The summed E-state index contributed by atoms with van der Waals surface area (Å²) >= 11 is 12.2. The number of nitrogens with zero attached hydrogens (tertiary/aromatic N) is 1. The number of carbonyl (C=O) groups is 2. The van der Waals surface area contributed by atoms with Gasteiger partial charge in [-0.25, -0.2) is 4.98 Å². The van der Waals surface area contributed by atoms with E-state index in [4.69, 9.17) is 28.9 Å². The molecule has 0 radical (unpaired) electrons. The van der Waals surface area contributed by atoms with Crippen LogP contribution in [0.5, 0.6) is 0 Å². The van der Waals surface area contributed by atoms with Crippen LogP contribution in [0, 0.1) is 6.92 Å². The van der Waals surface area contributed by atoms with Crippen molar-refractivity contribution in [3.05, 3.63) is 87.0 Å². The van der Waals surface area contributed by atoms with Crippen molar-refractivity contribution in [1.29, 1.82) is 0 Å². The molecule has 0 unspecified atom stereocenters. The molecular formula is C26H27Cl2N5O2. The number of fused-ring (bicyclic) bond motifs is 1. The van der Waals surface area contributed by atoms with Crippen LogP contribution in [-0.4, -0.2) is 28.9 Å². The second-order valence-electron chi connectivity index (χ2n) is 8.60. The lowest BCUT2D eigenvalue weighted by Crippen LogP contribution is -2.52. The summed E-state index contributed by atoms with van der Waals surface area (Å²) in [4.78, 5) is 30.6. The van der Waals surface area contributed by atoms with Gasteiger partial charge in [0.05, 0.1) is 10.0 Å². The van der Waals surface area contributed by atoms with Crippen LogP contribution in [0.15, 0.2) is 54.6 Å². The zero-order valence-corrected chi connectivity index (χ0v) is 20.8. The maximum atomic E-state index is 13.2. The van der Waals surface area contributed by atoms with Gasteiger partial charge in [0.25, 0.3) is 0 Å². The maximum Gasteiger partial charge on any atom is 0.243 e. The average molecular weight is 512 g/mol. The van der Waals surface area contributed by atoms with E-state index in [9.17, 15) is 9.59 Å². The minimum absolute atomic E-state index is 0.231. The number of pyridine rings is 1. The van der Waals surface area contributed by atoms with E-state index in [1.807, 2.05) is 37.3 Å². The Hall–Kier alpha value is -3.29. The third kappa shape index (κ3) is 6.24. The number of nitrogens with two attached hydrogens (primary N) is 1. The van der Waals surface area contributed by atoms with E-state index in [2.05, 4.69) is 20.9 Å². The highest BCUT2D eigenvalue weighted by molar-refractivity contribution is 6.42. The van der Waals surface area contributed by atoms with Crippen molar-refractivity contribution in [2.75, 3.05) is 11.1 Å². The van der Waals surface area contributed by atoms with E-state index in [1.54, 1.807) is 24.3 Å². The monoisotopic (exact) mass is 511 g/mol. The topological polar surface area (TPSA) is 109 Å². The van der Waals surface area contributed by atoms with Crippen LogP contribution in [0.3, 0.4) is 0 Å². The number of halogens is 2. The maximum absolute atomic E-state index is 13.2. The predicted molar refractivity (Wildman–Crippen MR) is 140 cm³/mol. The SMILES string of the molecule is Cc1nc(N)ccc1CNC(=O)[C@H](Cc1ccc(Cl)c(Cl)c1)NC(=O)[C@H]1CCc2ccccc2N1. The molecule has 2 amide bonds. The van der Waals surface area contributed by atoms with Crippen LogP contribution in [0.2, 0.25) is 10.0 Å². The molecule has 0 saturated heterocycles. The van der Waals surface area contributed by atoms with Crippen molar-refractivity contribution >= 4 is 46.5 Å². The number of amides is 2. The Morgan fingerprint density at radius 3 is 2.71 bits per heavy atom. The lowest BCUT2D eigenvalue weighted by atomic mass is 9.97. The van der Waals surface area contributed by atoms with Gasteiger partial charge in [-0.15, -0.1) is 0 Å². The Morgan fingerprint density at radius 1 is 1.14 bits per heavy atom. The highest BCUT2D eigenvalue weighted by Gasteiger charge is 2.28. The van der Waals surface area contributed by atoms with Crippen LogP contribution in [0.25, 0.3) is 0 Å². The van der Waals surface area contributed by atoms with Crippen molar-refractivity contribution < 1.29 is 9.59 Å². The van der Waals surface area contributed by atoms with Crippen molar-refractivity contribution in [2.24, 2.45) is 0 Å². The molecule has 1 aliphatic heterocycles. The van der Waals surface area contributed by atoms with E-state index in [-0.39, 0.29) is 24.8 Å². The normalized spacial score (nSPS) is 15.5. The fourth-order valence-electron chi connectivity index (χ4n) is 4.12. The molecule has 0 spiro atoms. The third-order valence-electron chi connectivity index (χ3n) is 6.09. The van der Waals surface area contributed by atoms with E-state index in [1.165, 1.54) is 5.56 Å². The van der Waals surface area contributed by atoms with E-state index in [0.717, 1.165) is 28.9 Å². The Morgan fingerprint density at radius 2 is 1.94 bits per heavy atom. The molecule has 0 fully saturated rings. The Balaban J connectivity index is 1.48. The zero-order chi connectivity index (χ0) is 24.9. The van der Waals surface area contributed by atoms with Crippen LogP contribution >= 0.6 is 23.2 Å². The number of aryl methyl sites for hydroxylation is 2. The molecule has 4 rings (SSSR count). The van der Waals surface area contributed by atoms with Gasteiger partial charge in [0.1, 0.15) is 17.9 Å². The minimum Gasteiger partial charge on any atom is -0.384 e. The van der Waals surface area contributed by atoms with Gasteiger partial charge in [-0.05, 0) is 60.7 Å². The van der Waals surface area contributed by atoms with Gasteiger partial charge in [-0.3, -0.25) is 9.59 Å². The molecule has 9 heteroatoms. The molecule has 2 heterocycles. The number of para-hydroxylation sites is 1. The van der Waals surface area contributed by atoms with Crippen LogP contribution in [-0.2, 0) is 29.0 Å². The molecule has 1 aliphatic rings. The summed E-state index contributed by atoms with van der Waals surface area (Å²) in [5, 5.41) is 9.96. The second-order valence-corrected chi connectivity index (χ2v) is 9.42. The van der Waals surface area contributed by atoms with E-state index < -0.39 is 12.1 Å². The summed E-state index contributed by atoms with van der Waals surface area (Å²) in [6, 6.07) is 15.4. The first-order valence-corrected chi connectivity index (χ1v) is 12.1. The standard InChI is InChI=1S/C26H27Cl2N5O2/c1-15-18(8-11-24(29)31-15)14-30-25(34)23(13-16-6-9-19(27)20(28)12-16)33-26(35)22-10-7-17-4-2-3-5-21(17)32-22/h2-6,8-9,11-12,22-23,32H,7,10,13-14H2,1H3,(H2,29,31)(H,30,34)(H,33,35)/t22-,23+/m1/s1. The highest BCUT2D eigenvalue weighted by Crippen LogP contribution is 2.25. The van der Waals surface area contributed by atoms with Crippen LogP contribution < -0.4 is 21.7 Å². The molecule has 182 valence electrons. The molecule has 2 atom stereocenters. The molecule has 0 aliphatic carbocycles. The molecule has 35 heavy (non-hydrogen) atoms. The van der Waals surface area contributed by atoms with Gasteiger partial charge in [-0.2, -0.15) is 0 Å². The van der Waals surface area contributed by atoms with E-state index >= 15 is 0 Å². The summed E-state index contributed by atoms with van der Waals surface area (Å²) < 4.78 is 0. The van der Waals surface area contributed by atoms with Crippen LogP contribution in [0.1, 0.15) is 28.8 Å². The van der Waals surface area contributed by atoms with Gasteiger partial charge in [-0.1, -0.05) is 53.5 Å². The van der Waals surface area contributed by atoms with Gasteiger partial charge in [0.15, 0.2) is 0 Å². The fourth-order valence-corrected chi connectivity index (χ4v) is 4.44. The largest absolute Gasteiger partial charge is 0.384 e. The number of hydrogen-bond donors (Lipinski definition) is 4. The van der Waals surface area contributed by atoms with Crippen molar-refractivity contribution in [3.63, 3.8) is 0 Å². The molecular weight excluding hydrogens is 485 g/mol. The Labute approximate surface area is 214 Å². The number of nitrogen functional groups attached to an aromatic ring is 1. The Bertz CT molecular complexity index is 1250. The van der Waals surface area contributed by atoms with E-state index in [0.29, 0.717) is 22.3 Å². The lowest BCUT2D eigenvalue weighted by molar-refractivity contribution is -0.129. The van der Waals surface area contributed by atoms with Crippen molar-refractivity contribution in [2.45, 2.75) is 44.8 Å². The van der Waals surface area contributed by atoms with Crippen molar-refractivity contribution in [1.82, 2.24) is 15.6 Å². The smallest absolute Gasteiger partial charge is 0.243 e. The summed E-state index contributed by atoms with van der Waals surface area (Å²) in [7, 11) is 0. The number of nitrogens with one attached hydrogen (secondary N) is 3. The van der Waals surface area contributed by atoms with Crippen molar-refractivity contribution in [3.8, 4) is 0 Å². The van der Waals surface area contributed by atoms with Crippen LogP contribution in [0.4, 0.5) is 11.5 Å². The molecule has 7 nitrogen and oxygen atoms in total. The lowest BCUT2D eigenvalue weighted by Gasteiger charge is -2.28. The number of anilines is 2. The highest BCUT2D eigenvalue weighted by atomic mass is 35.5. The van der Waals surface area contributed by atoms with Gasteiger partial charge in [0, 0.05) is 24.3 Å². The number of hydrogen-bond acceptors (Lipinski definition) is 5. The average Bonchev–Trinajstić information content (AvgIpc) is 2.84. The quantitative estimate of drug-likeness (QED) is 0.382. The first-order chi connectivity index (χ1) is 16.8. The van der Waals surface area contributed by atoms with Gasteiger partial charge in [0.2, 0.25) is 11.8 Å². The zero-order valence-electron chi connectivity index (χ0n) is 19.3. The summed E-state index contributed by atoms with van der Waals surface area (Å²) in [5.41, 5.74) is 10.2. The minimum atomic E-state index is -0.805. The molecule has 3 aromatic rings. The Kier molecular flexibility index (Phi) is 7.78. The third-order valence-corrected chi connectivity index (χ3v) is 6.83. The van der Waals surface area contributed by atoms with Gasteiger partial charge < -0.3 is 21.7 Å². The first-order valence-electron chi connectivity index (χ1n) is 11.4. The summed E-state index contributed by atoms with van der Waals surface area (Å²) in [5.74, 6) is -0.120. The molecule has 0 saturated carbocycles. The first kappa shape index (κ1) is 24.8. The number of carbonyl (C=O) groups excluding carboxylic acids is 2. The predicted octanol–water partition coefficient (Wildman–Crippen LogP) is 4.05. The molecule has 5 N–H and O–H groups in total. The molecule has 1 aromatic heterocycles. The molecule has 2 aromatic carbocycles. The molecule has 0 bridgehead atoms. The van der Waals surface area contributed by atoms with Gasteiger partial charge >= 0.3 is 0 Å².